The molecule has 156 valence electrons. The summed E-state index contributed by atoms with van der Waals surface area (Å²) in [7, 11) is 1.60. The first kappa shape index (κ1) is 19.9. The van der Waals surface area contributed by atoms with Gasteiger partial charge >= 0.3 is 0 Å². The van der Waals surface area contributed by atoms with Gasteiger partial charge < -0.3 is 19.6 Å². The van der Waals surface area contributed by atoms with Gasteiger partial charge in [0.2, 0.25) is 5.82 Å². The minimum Gasteiger partial charge on any atom is -0.497 e. The fraction of sp³-hybridized carbons (Fsp3) is 0.318. The summed E-state index contributed by atoms with van der Waals surface area (Å²) < 4.78 is 6.63. The average Bonchev–Trinajstić information content (AvgIpc) is 3.27. The molecule has 1 aromatic heterocycles. The van der Waals surface area contributed by atoms with Crippen molar-refractivity contribution < 1.29 is 14.6 Å². The van der Waals surface area contributed by atoms with Gasteiger partial charge in [-0.1, -0.05) is 30.3 Å². The van der Waals surface area contributed by atoms with Crippen LogP contribution in [-0.2, 0) is 6.54 Å². The number of carbonyl (C=O) groups excluding carboxylic acids is 1. The van der Waals surface area contributed by atoms with E-state index in [1.807, 2.05) is 18.2 Å². The molecule has 1 atom stereocenters. The molecule has 3 aromatic rings. The number of ether oxygens (including phenoxy) is 1. The second-order valence-corrected chi connectivity index (χ2v) is 7.19. The molecule has 0 radical (unpaired) electrons. The predicted octanol–water partition coefficient (Wildman–Crippen LogP) is 1.98. The summed E-state index contributed by atoms with van der Waals surface area (Å²) in [6.07, 6.45) is 0.732. The summed E-state index contributed by atoms with van der Waals surface area (Å²) in [6.45, 7) is 3.00. The molecule has 0 unspecified atom stereocenters. The van der Waals surface area contributed by atoms with E-state index in [9.17, 15) is 9.90 Å². The number of benzene rings is 2. The minimum absolute atomic E-state index is 0.157. The lowest BCUT2D eigenvalue weighted by molar-refractivity contribution is 0.0733. The van der Waals surface area contributed by atoms with Crippen molar-refractivity contribution in [2.75, 3.05) is 38.2 Å². The molecule has 1 aliphatic heterocycles. The van der Waals surface area contributed by atoms with Gasteiger partial charge in [-0.05, 0) is 29.8 Å². The Labute approximate surface area is 175 Å². The molecular formula is C22H25N5O3. The third kappa shape index (κ3) is 4.44. The van der Waals surface area contributed by atoms with Gasteiger partial charge in [-0.25, -0.2) is 9.67 Å². The summed E-state index contributed by atoms with van der Waals surface area (Å²) in [5.41, 5.74) is 1.91. The van der Waals surface area contributed by atoms with Crippen LogP contribution < -0.4 is 9.64 Å². The second kappa shape index (κ2) is 8.96. The predicted molar refractivity (Wildman–Crippen MR) is 113 cm³/mol. The van der Waals surface area contributed by atoms with Crippen LogP contribution in [0.15, 0.2) is 60.9 Å². The van der Waals surface area contributed by atoms with Gasteiger partial charge in [0, 0.05) is 31.9 Å². The van der Waals surface area contributed by atoms with Gasteiger partial charge in [0.1, 0.15) is 12.1 Å². The summed E-state index contributed by atoms with van der Waals surface area (Å²) in [5.74, 6) is 0.706. The molecule has 1 aliphatic rings. The zero-order valence-corrected chi connectivity index (χ0v) is 16.9. The molecule has 8 heteroatoms. The quantitative estimate of drug-likeness (QED) is 0.673. The number of para-hydroxylation sites is 1. The Bertz CT molecular complexity index is 966. The van der Waals surface area contributed by atoms with Crippen LogP contribution in [0, 0.1) is 0 Å². The van der Waals surface area contributed by atoms with E-state index in [0.29, 0.717) is 13.1 Å². The number of methoxy groups -OCH3 is 1. The highest BCUT2D eigenvalue weighted by atomic mass is 16.5. The number of rotatable bonds is 6. The number of nitrogens with zero attached hydrogens (tertiary/aromatic N) is 5. The van der Waals surface area contributed by atoms with E-state index in [-0.39, 0.29) is 18.3 Å². The van der Waals surface area contributed by atoms with Crippen molar-refractivity contribution in [2.24, 2.45) is 0 Å². The molecule has 1 amide bonds. The Hall–Kier alpha value is -3.39. The fourth-order valence-corrected chi connectivity index (χ4v) is 3.54. The Kier molecular flexibility index (Phi) is 5.94. The molecule has 1 fully saturated rings. The zero-order chi connectivity index (χ0) is 20.9. The summed E-state index contributed by atoms with van der Waals surface area (Å²) in [4.78, 5) is 21.0. The van der Waals surface area contributed by atoms with Crippen LogP contribution in [0.2, 0.25) is 0 Å². The first-order valence-electron chi connectivity index (χ1n) is 9.95. The van der Waals surface area contributed by atoms with E-state index in [1.54, 1.807) is 36.3 Å². The van der Waals surface area contributed by atoms with Crippen molar-refractivity contribution in [1.82, 2.24) is 19.7 Å². The molecule has 2 aromatic carbocycles. The number of hydrogen-bond donors (Lipinski definition) is 1. The lowest BCUT2D eigenvalue weighted by Gasteiger charge is -2.35. The van der Waals surface area contributed by atoms with Crippen molar-refractivity contribution in [1.29, 1.82) is 0 Å². The maximum atomic E-state index is 12.8. The Morgan fingerprint density at radius 3 is 2.43 bits per heavy atom. The number of hydrogen-bond acceptors (Lipinski definition) is 6. The number of amides is 1. The van der Waals surface area contributed by atoms with Crippen LogP contribution in [0.4, 0.5) is 5.69 Å². The van der Waals surface area contributed by atoms with E-state index in [4.69, 9.17) is 4.74 Å². The molecule has 0 bridgehead atoms. The van der Waals surface area contributed by atoms with Crippen molar-refractivity contribution >= 4 is 11.6 Å². The Balaban J connectivity index is 1.33. The third-order valence-corrected chi connectivity index (χ3v) is 5.28. The molecule has 1 saturated heterocycles. The van der Waals surface area contributed by atoms with E-state index in [2.05, 4.69) is 27.1 Å². The second-order valence-electron chi connectivity index (χ2n) is 7.19. The molecule has 30 heavy (non-hydrogen) atoms. The van der Waals surface area contributed by atoms with Crippen LogP contribution in [0.1, 0.15) is 22.3 Å². The average molecular weight is 407 g/mol. The van der Waals surface area contributed by atoms with Crippen molar-refractivity contribution in [2.45, 2.75) is 12.6 Å². The number of aromatic nitrogens is 3. The number of aliphatic hydroxyl groups is 1. The molecule has 8 nitrogen and oxygen atoms in total. The molecule has 0 aliphatic carbocycles. The van der Waals surface area contributed by atoms with Crippen molar-refractivity contribution in [3.8, 4) is 5.75 Å². The SMILES string of the molecule is COc1ccc([C@H](O)Cn2cnc(C(=O)N3CCN(c4ccccc4)CC3)n2)cc1. The molecule has 0 saturated carbocycles. The van der Waals surface area contributed by atoms with Crippen LogP contribution in [0.25, 0.3) is 0 Å². The number of piperazine rings is 1. The van der Waals surface area contributed by atoms with Crippen molar-refractivity contribution in [3.05, 3.63) is 72.3 Å². The highest BCUT2D eigenvalue weighted by Crippen LogP contribution is 2.19. The smallest absolute Gasteiger partial charge is 0.293 e. The highest BCUT2D eigenvalue weighted by molar-refractivity contribution is 5.90. The minimum atomic E-state index is -0.755. The molecule has 2 heterocycles. The van der Waals surface area contributed by atoms with Gasteiger partial charge in [-0.2, -0.15) is 0 Å². The number of aliphatic hydroxyl groups excluding tert-OH is 1. The highest BCUT2D eigenvalue weighted by Gasteiger charge is 2.25. The van der Waals surface area contributed by atoms with Gasteiger partial charge in [-0.3, -0.25) is 4.79 Å². The maximum absolute atomic E-state index is 12.8. The fourth-order valence-electron chi connectivity index (χ4n) is 3.54. The standard InChI is InChI=1S/C22H25N5O3/c1-30-19-9-7-17(8-10-19)20(28)15-27-16-23-21(24-27)22(29)26-13-11-25(12-14-26)18-5-3-2-4-6-18/h2-10,16,20,28H,11-15H2,1H3/t20-/m1/s1. The molecule has 4 rings (SSSR count). The first-order valence-corrected chi connectivity index (χ1v) is 9.95. The maximum Gasteiger partial charge on any atom is 0.293 e. The largest absolute Gasteiger partial charge is 0.497 e. The van der Waals surface area contributed by atoms with Gasteiger partial charge in [-0.15, -0.1) is 5.10 Å². The normalized spacial score (nSPS) is 15.1. The molecule has 1 N–H and O–H groups in total. The summed E-state index contributed by atoms with van der Waals surface area (Å²) in [5, 5.41) is 14.7. The third-order valence-electron chi connectivity index (χ3n) is 5.28. The molecular weight excluding hydrogens is 382 g/mol. The van der Waals surface area contributed by atoms with E-state index >= 15 is 0 Å². The zero-order valence-electron chi connectivity index (χ0n) is 16.9. The Morgan fingerprint density at radius 1 is 1.07 bits per heavy atom. The Morgan fingerprint density at radius 2 is 1.77 bits per heavy atom. The summed E-state index contributed by atoms with van der Waals surface area (Å²) >= 11 is 0. The van der Waals surface area contributed by atoms with E-state index in [0.717, 1.165) is 24.4 Å². The van der Waals surface area contributed by atoms with E-state index < -0.39 is 6.10 Å². The van der Waals surface area contributed by atoms with E-state index in [1.165, 1.54) is 16.7 Å². The van der Waals surface area contributed by atoms with Crippen LogP contribution >= 0.6 is 0 Å². The topological polar surface area (TPSA) is 83.7 Å². The first-order chi connectivity index (χ1) is 14.6. The monoisotopic (exact) mass is 407 g/mol. The summed E-state index contributed by atoms with van der Waals surface area (Å²) in [6, 6.07) is 17.4. The van der Waals surface area contributed by atoms with Crippen LogP contribution in [-0.4, -0.2) is 64.0 Å². The van der Waals surface area contributed by atoms with Crippen LogP contribution in [0.3, 0.4) is 0 Å². The molecule has 0 spiro atoms. The van der Waals surface area contributed by atoms with Crippen LogP contribution in [0.5, 0.6) is 5.75 Å². The lowest BCUT2D eigenvalue weighted by Crippen LogP contribution is -2.49. The van der Waals surface area contributed by atoms with Gasteiger partial charge in [0.25, 0.3) is 5.91 Å². The van der Waals surface area contributed by atoms with Crippen molar-refractivity contribution in [3.63, 3.8) is 0 Å². The van der Waals surface area contributed by atoms with Gasteiger partial charge in [0.15, 0.2) is 0 Å². The number of carbonyl (C=O) groups is 1. The lowest BCUT2D eigenvalue weighted by atomic mass is 10.1. The number of anilines is 1. The van der Waals surface area contributed by atoms with Gasteiger partial charge in [0.05, 0.1) is 19.8 Å².